The van der Waals surface area contributed by atoms with Crippen LogP contribution in [0, 0.1) is 11.3 Å². The van der Waals surface area contributed by atoms with Crippen molar-refractivity contribution in [2.24, 2.45) is 0 Å². The molecule has 0 saturated heterocycles. The van der Waals surface area contributed by atoms with E-state index in [-0.39, 0.29) is 6.42 Å². The number of benzene rings is 1. The molecule has 0 saturated carbocycles. The fourth-order valence-electron chi connectivity index (χ4n) is 2.21. The van der Waals surface area contributed by atoms with Crippen LogP contribution >= 0.6 is 0 Å². The predicted octanol–water partition coefficient (Wildman–Crippen LogP) is 2.63. The van der Waals surface area contributed by atoms with Crippen LogP contribution in [0.2, 0.25) is 0 Å². The fourth-order valence-corrected chi connectivity index (χ4v) is 2.21. The van der Waals surface area contributed by atoms with E-state index in [9.17, 15) is 14.7 Å². The summed E-state index contributed by atoms with van der Waals surface area (Å²) in [5.41, 5.74) is 0.975. The van der Waals surface area contributed by atoms with Gasteiger partial charge in [-0.15, -0.1) is 0 Å². The number of pyridine rings is 1. The van der Waals surface area contributed by atoms with E-state index in [4.69, 9.17) is 10.00 Å². The Bertz CT molecular complexity index is 850. The summed E-state index contributed by atoms with van der Waals surface area (Å²) in [6, 6.07) is 9.40. The number of carbonyl (C=O) groups excluding carboxylic acids is 1. The van der Waals surface area contributed by atoms with E-state index in [2.05, 4.69) is 16.4 Å². The van der Waals surface area contributed by atoms with Crippen LogP contribution in [0.15, 0.2) is 30.3 Å². The van der Waals surface area contributed by atoms with Crippen LogP contribution in [0.4, 0.5) is 4.79 Å². The number of carboxylic acids is 1. The van der Waals surface area contributed by atoms with Gasteiger partial charge in [0.15, 0.2) is 0 Å². The molecule has 25 heavy (non-hydrogen) atoms. The Morgan fingerprint density at radius 3 is 2.64 bits per heavy atom. The van der Waals surface area contributed by atoms with Crippen molar-refractivity contribution < 1.29 is 19.4 Å². The van der Waals surface area contributed by atoms with Gasteiger partial charge in [0.2, 0.25) is 0 Å². The van der Waals surface area contributed by atoms with Gasteiger partial charge in [-0.25, -0.2) is 9.59 Å². The van der Waals surface area contributed by atoms with Gasteiger partial charge in [0.1, 0.15) is 11.6 Å². The summed E-state index contributed by atoms with van der Waals surface area (Å²) in [6.45, 7) is 5.09. The van der Waals surface area contributed by atoms with Crippen molar-refractivity contribution in [3.8, 4) is 6.07 Å². The van der Waals surface area contributed by atoms with E-state index < -0.39 is 23.7 Å². The zero-order valence-corrected chi connectivity index (χ0v) is 14.2. The van der Waals surface area contributed by atoms with E-state index in [1.54, 1.807) is 51.1 Å². The van der Waals surface area contributed by atoms with Gasteiger partial charge in [-0.05, 0) is 45.0 Å². The Morgan fingerprint density at radius 1 is 1.32 bits per heavy atom. The SMILES string of the molecule is CC(C)(C)OC(=O)N[C@@H](Cc1ccc2cc(C#N)ccc2n1)C(=O)O. The summed E-state index contributed by atoms with van der Waals surface area (Å²) in [5.74, 6) is -1.17. The second-order valence-electron chi connectivity index (χ2n) is 6.56. The van der Waals surface area contributed by atoms with E-state index in [1.165, 1.54) is 0 Å². The van der Waals surface area contributed by atoms with Crippen molar-refractivity contribution >= 4 is 23.0 Å². The average molecular weight is 341 g/mol. The molecule has 2 rings (SSSR count). The van der Waals surface area contributed by atoms with Crippen LogP contribution in [0.5, 0.6) is 0 Å². The number of hydrogen-bond donors (Lipinski definition) is 2. The first-order valence-electron chi connectivity index (χ1n) is 7.70. The summed E-state index contributed by atoms with van der Waals surface area (Å²) >= 11 is 0. The first-order chi connectivity index (χ1) is 11.7. The molecule has 0 radical (unpaired) electrons. The number of fused-ring (bicyclic) bond motifs is 1. The standard InChI is InChI=1S/C18H19N3O4/c1-18(2,3)25-17(24)21-15(16(22)23)9-13-6-5-12-8-11(10-19)4-7-14(12)20-13/h4-8,15H,9H2,1-3H3,(H,21,24)(H,22,23)/t15-/m0/s1. The maximum atomic E-state index is 11.8. The van der Waals surface area contributed by atoms with Crippen LogP contribution in [-0.4, -0.2) is 33.8 Å². The molecule has 0 unspecified atom stereocenters. The molecule has 2 aromatic rings. The quantitative estimate of drug-likeness (QED) is 0.884. The highest BCUT2D eigenvalue weighted by Gasteiger charge is 2.24. The summed E-state index contributed by atoms with van der Waals surface area (Å²) in [5, 5.41) is 21.4. The summed E-state index contributed by atoms with van der Waals surface area (Å²) in [4.78, 5) is 27.6. The lowest BCUT2D eigenvalue weighted by Gasteiger charge is -2.22. The Hall–Kier alpha value is -3.14. The van der Waals surface area contributed by atoms with E-state index in [0.717, 1.165) is 5.39 Å². The molecular formula is C18H19N3O4. The minimum absolute atomic E-state index is 0.0184. The minimum Gasteiger partial charge on any atom is -0.480 e. The highest BCUT2D eigenvalue weighted by molar-refractivity contribution is 5.82. The Balaban J connectivity index is 2.16. The van der Waals surface area contributed by atoms with Gasteiger partial charge in [0.25, 0.3) is 0 Å². The third-order valence-corrected chi connectivity index (χ3v) is 3.28. The van der Waals surface area contributed by atoms with Gasteiger partial charge in [-0.2, -0.15) is 5.26 Å². The predicted molar refractivity (Wildman–Crippen MR) is 91.0 cm³/mol. The highest BCUT2D eigenvalue weighted by Crippen LogP contribution is 2.15. The molecule has 1 heterocycles. The van der Waals surface area contributed by atoms with Crippen molar-refractivity contribution in [3.05, 3.63) is 41.6 Å². The number of rotatable bonds is 4. The number of carbonyl (C=O) groups is 2. The van der Waals surface area contributed by atoms with Gasteiger partial charge >= 0.3 is 12.1 Å². The molecule has 0 spiro atoms. The van der Waals surface area contributed by atoms with Crippen molar-refractivity contribution in [2.75, 3.05) is 0 Å². The largest absolute Gasteiger partial charge is 0.480 e. The molecule has 1 amide bonds. The maximum Gasteiger partial charge on any atom is 0.408 e. The monoisotopic (exact) mass is 341 g/mol. The van der Waals surface area contributed by atoms with Crippen LogP contribution < -0.4 is 5.32 Å². The van der Waals surface area contributed by atoms with E-state index >= 15 is 0 Å². The third-order valence-electron chi connectivity index (χ3n) is 3.28. The molecule has 0 aliphatic carbocycles. The van der Waals surface area contributed by atoms with Crippen molar-refractivity contribution in [1.82, 2.24) is 10.3 Å². The second-order valence-corrected chi connectivity index (χ2v) is 6.56. The number of nitrogens with one attached hydrogen (secondary N) is 1. The fraction of sp³-hybridized carbons (Fsp3) is 0.333. The lowest BCUT2D eigenvalue weighted by molar-refractivity contribution is -0.139. The number of ether oxygens (including phenoxy) is 1. The van der Waals surface area contributed by atoms with Gasteiger partial charge in [0.05, 0.1) is 17.1 Å². The molecule has 7 nitrogen and oxygen atoms in total. The topological polar surface area (TPSA) is 112 Å². The van der Waals surface area contributed by atoms with Crippen LogP contribution in [0.3, 0.4) is 0 Å². The number of amides is 1. The van der Waals surface area contributed by atoms with Gasteiger partial charge < -0.3 is 15.2 Å². The van der Waals surface area contributed by atoms with Crippen molar-refractivity contribution in [1.29, 1.82) is 5.26 Å². The van der Waals surface area contributed by atoms with Gasteiger partial charge in [-0.3, -0.25) is 4.98 Å². The summed E-state index contributed by atoms with van der Waals surface area (Å²) in [6.07, 6.45) is -0.774. The summed E-state index contributed by atoms with van der Waals surface area (Å²) < 4.78 is 5.09. The average Bonchev–Trinajstić information content (AvgIpc) is 2.51. The van der Waals surface area contributed by atoms with Gasteiger partial charge in [0, 0.05) is 17.5 Å². The molecule has 0 aliphatic heterocycles. The van der Waals surface area contributed by atoms with Crippen LogP contribution in [-0.2, 0) is 16.0 Å². The highest BCUT2D eigenvalue weighted by atomic mass is 16.6. The Kier molecular flexibility index (Phi) is 5.22. The maximum absolute atomic E-state index is 11.8. The summed E-state index contributed by atoms with van der Waals surface area (Å²) in [7, 11) is 0. The molecule has 0 aliphatic rings. The van der Waals surface area contributed by atoms with E-state index in [0.29, 0.717) is 16.8 Å². The van der Waals surface area contributed by atoms with E-state index in [1.807, 2.05) is 0 Å². The molecule has 0 fully saturated rings. The van der Waals surface area contributed by atoms with Gasteiger partial charge in [-0.1, -0.05) is 6.07 Å². The molecule has 1 aromatic carbocycles. The Morgan fingerprint density at radius 2 is 2.04 bits per heavy atom. The lowest BCUT2D eigenvalue weighted by atomic mass is 10.1. The number of hydrogen-bond acceptors (Lipinski definition) is 5. The number of nitrogens with zero attached hydrogens (tertiary/aromatic N) is 2. The number of aromatic nitrogens is 1. The molecule has 0 bridgehead atoms. The molecule has 1 aromatic heterocycles. The molecule has 130 valence electrons. The van der Waals surface area contributed by atoms with Crippen LogP contribution in [0.25, 0.3) is 10.9 Å². The second kappa shape index (κ2) is 7.18. The molecular weight excluding hydrogens is 322 g/mol. The zero-order chi connectivity index (χ0) is 18.6. The van der Waals surface area contributed by atoms with Crippen LogP contribution in [0.1, 0.15) is 32.0 Å². The zero-order valence-electron chi connectivity index (χ0n) is 14.2. The molecule has 7 heteroatoms. The third kappa shape index (κ3) is 5.18. The lowest BCUT2D eigenvalue weighted by Crippen LogP contribution is -2.44. The minimum atomic E-state index is -1.17. The smallest absolute Gasteiger partial charge is 0.408 e. The number of carboxylic acid groups (broad SMARTS) is 1. The first-order valence-corrected chi connectivity index (χ1v) is 7.70. The first kappa shape index (κ1) is 18.2. The number of nitriles is 1. The van der Waals surface area contributed by atoms with Crippen molar-refractivity contribution in [3.63, 3.8) is 0 Å². The number of alkyl carbamates (subject to hydrolysis) is 1. The molecule has 2 N–H and O–H groups in total. The normalized spacial score (nSPS) is 12.2. The molecule has 1 atom stereocenters. The number of aliphatic carboxylic acids is 1. The Labute approximate surface area is 145 Å². The van der Waals surface area contributed by atoms with Crippen molar-refractivity contribution in [2.45, 2.75) is 38.8 Å².